The second-order valence-corrected chi connectivity index (χ2v) is 3.29. The third kappa shape index (κ3) is 2.93. The lowest BCUT2D eigenvalue weighted by molar-refractivity contribution is -0.142. The number of rotatable bonds is 4. The molecule has 1 aromatic carbocycles. The third-order valence-electron chi connectivity index (χ3n) is 2.19. The van der Waals surface area contributed by atoms with Gasteiger partial charge in [-0.05, 0) is 11.6 Å². The number of carbonyl (C=O) groups excluding carboxylic acids is 1. The molecule has 0 bridgehead atoms. The molecule has 2 N–H and O–H groups in total. The Kier molecular flexibility index (Phi) is 4.25. The zero-order valence-electron chi connectivity index (χ0n) is 9.20. The first-order chi connectivity index (χ1) is 7.58. The van der Waals surface area contributed by atoms with Crippen molar-refractivity contribution in [1.29, 1.82) is 0 Å². The minimum absolute atomic E-state index is 0.246. The van der Waals surface area contributed by atoms with Gasteiger partial charge in [-0.2, -0.15) is 0 Å². The minimum atomic E-state index is -0.774. The number of benzene rings is 1. The summed E-state index contributed by atoms with van der Waals surface area (Å²) < 4.78 is 22.4. The first-order valence-corrected chi connectivity index (χ1v) is 4.74. The normalized spacial score (nSPS) is 12.0. The van der Waals surface area contributed by atoms with E-state index in [2.05, 4.69) is 4.74 Å². The fourth-order valence-corrected chi connectivity index (χ4v) is 1.36. The number of halogens is 1. The van der Waals surface area contributed by atoms with Crippen molar-refractivity contribution in [2.24, 2.45) is 5.73 Å². The van der Waals surface area contributed by atoms with Gasteiger partial charge in [0.1, 0.15) is 17.6 Å². The average Bonchev–Trinajstić information content (AvgIpc) is 2.30. The number of nitrogens with two attached hydrogens (primary N) is 1. The Hall–Kier alpha value is -1.62. The van der Waals surface area contributed by atoms with E-state index in [1.165, 1.54) is 32.4 Å². The van der Waals surface area contributed by atoms with Crippen LogP contribution in [0.4, 0.5) is 4.39 Å². The Bertz CT molecular complexity index is 381. The van der Waals surface area contributed by atoms with Crippen molar-refractivity contribution in [1.82, 2.24) is 0 Å². The van der Waals surface area contributed by atoms with Crippen LogP contribution in [-0.4, -0.2) is 26.2 Å². The highest BCUT2D eigenvalue weighted by molar-refractivity contribution is 5.75. The summed E-state index contributed by atoms with van der Waals surface area (Å²) >= 11 is 0. The van der Waals surface area contributed by atoms with Crippen LogP contribution in [0.15, 0.2) is 18.2 Å². The highest BCUT2D eigenvalue weighted by Crippen LogP contribution is 2.20. The summed E-state index contributed by atoms with van der Waals surface area (Å²) in [7, 11) is 2.70. The molecule has 0 unspecified atom stereocenters. The van der Waals surface area contributed by atoms with E-state index in [0.29, 0.717) is 11.3 Å². The fourth-order valence-electron chi connectivity index (χ4n) is 1.36. The number of carbonyl (C=O) groups is 1. The van der Waals surface area contributed by atoms with Gasteiger partial charge in [-0.15, -0.1) is 0 Å². The predicted octanol–water partition coefficient (Wildman–Crippen LogP) is 0.877. The third-order valence-corrected chi connectivity index (χ3v) is 2.19. The van der Waals surface area contributed by atoms with E-state index in [-0.39, 0.29) is 6.42 Å². The molecule has 1 aromatic rings. The minimum Gasteiger partial charge on any atom is -0.496 e. The summed E-state index contributed by atoms with van der Waals surface area (Å²) in [5.41, 5.74) is 6.27. The SMILES string of the molecule is COC(=O)[C@H](N)Cc1ccc(F)cc1OC. The van der Waals surface area contributed by atoms with Crippen LogP contribution in [0.25, 0.3) is 0 Å². The molecular weight excluding hydrogens is 213 g/mol. The molecule has 0 radical (unpaired) electrons. The smallest absolute Gasteiger partial charge is 0.322 e. The molecule has 5 heteroatoms. The number of hydrogen-bond acceptors (Lipinski definition) is 4. The van der Waals surface area contributed by atoms with Crippen LogP contribution in [-0.2, 0) is 16.0 Å². The van der Waals surface area contributed by atoms with Crippen molar-refractivity contribution in [3.8, 4) is 5.75 Å². The van der Waals surface area contributed by atoms with Crippen LogP contribution >= 0.6 is 0 Å². The van der Waals surface area contributed by atoms with Crippen LogP contribution in [0.1, 0.15) is 5.56 Å². The zero-order valence-corrected chi connectivity index (χ0v) is 9.20. The lowest BCUT2D eigenvalue weighted by Gasteiger charge is -2.12. The van der Waals surface area contributed by atoms with Gasteiger partial charge in [0.05, 0.1) is 14.2 Å². The molecule has 0 saturated carbocycles. The van der Waals surface area contributed by atoms with Crippen molar-refractivity contribution >= 4 is 5.97 Å². The first kappa shape index (κ1) is 12.4. The Labute approximate surface area is 93.2 Å². The molecule has 1 atom stereocenters. The molecule has 88 valence electrons. The number of hydrogen-bond donors (Lipinski definition) is 1. The first-order valence-electron chi connectivity index (χ1n) is 4.74. The highest BCUT2D eigenvalue weighted by atomic mass is 19.1. The molecule has 0 aliphatic carbocycles. The van der Waals surface area contributed by atoms with E-state index >= 15 is 0 Å². The van der Waals surface area contributed by atoms with E-state index < -0.39 is 17.8 Å². The van der Waals surface area contributed by atoms with Gasteiger partial charge in [0.2, 0.25) is 0 Å². The second kappa shape index (κ2) is 5.46. The molecule has 0 amide bonds. The van der Waals surface area contributed by atoms with Crippen LogP contribution in [0.2, 0.25) is 0 Å². The van der Waals surface area contributed by atoms with Crippen molar-refractivity contribution in [2.45, 2.75) is 12.5 Å². The van der Waals surface area contributed by atoms with Gasteiger partial charge in [0, 0.05) is 12.5 Å². The zero-order chi connectivity index (χ0) is 12.1. The second-order valence-electron chi connectivity index (χ2n) is 3.29. The summed E-state index contributed by atoms with van der Waals surface area (Å²) in [5.74, 6) is -0.530. The van der Waals surface area contributed by atoms with Crippen molar-refractivity contribution in [3.63, 3.8) is 0 Å². The van der Waals surface area contributed by atoms with Crippen LogP contribution in [0.3, 0.4) is 0 Å². The van der Waals surface area contributed by atoms with Crippen LogP contribution < -0.4 is 10.5 Å². The van der Waals surface area contributed by atoms with Crippen molar-refractivity contribution in [3.05, 3.63) is 29.6 Å². The van der Waals surface area contributed by atoms with Crippen molar-refractivity contribution < 1.29 is 18.7 Å². The summed E-state index contributed by atoms with van der Waals surface area (Å²) in [6.07, 6.45) is 0.246. The molecule has 0 saturated heterocycles. The summed E-state index contributed by atoms with van der Waals surface area (Å²) in [6, 6.07) is 3.31. The van der Waals surface area contributed by atoms with Gasteiger partial charge < -0.3 is 15.2 Å². The number of methoxy groups -OCH3 is 2. The van der Waals surface area contributed by atoms with Gasteiger partial charge in [0.25, 0.3) is 0 Å². The molecule has 1 rings (SSSR count). The Morgan fingerprint density at radius 3 is 2.75 bits per heavy atom. The Morgan fingerprint density at radius 1 is 1.50 bits per heavy atom. The van der Waals surface area contributed by atoms with E-state index in [4.69, 9.17) is 10.5 Å². The maximum atomic E-state index is 12.9. The maximum Gasteiger partial charge on any atom is 0.322 e. The standard InChI is InChI=1S/C11H14FNO3/c1-15-10-6-8(12)4-3-7(10)5-9(13)11(14)16-2/h3-4,6,9H,5,13H2,1-2H3/t9-/m1/s1. The average molecular weight is 227 g/mol. The quantitative estimate of drug-likeness (QED) is 0.775. The van der Waals surface area contributed by atoms with Gasteiger partial charge in [-0.3, -0.25) is 4.79 Å². The van der Waals surface area contributed by atoms with E-state index in [1.807, 2.05) is 0 Å². The highest BCUT2D eigenvalue weighted by Gasteiger charge is 2.16. The fraction of sp³-hybridized carbons (Fsp3) is 0.364. The molecule has 0 aliphatic heterocycles. The van der Waals surface area contributed by atoms with Gasteiger partial charge in [0.15, 0.2) is 0 Å². The molecule has 0 fully saturated rings. The molecular formula is C11H14FNO3. The summed E-state index contributed by atoms with van der Waals surface area (Å²) in [5, 5.41) is 0. The number of esters is 1. The molecule has 4 nitrogen and oxygen atoms in total. The molecule has 0 aliphatic rings. The van der Waals surface area contributed by atoms with E-state index in [9.17, 15) is 9.18 Å². The summed E-state index contributed by atoms with van der Waals surface area (Å²) in [4.78, 5) is 11.1. The van der Waals surface area contributed by atoms with Gasteiger partial charge in [-0.1, -0.05) is 6.07 Å². The lowest BCUT2D eigenvalue weighted by Crippen LogP contribution is -2.33. The van der Waals surface area contributed by atoms with Crippen LogP contribution in [0, 0.1) is 5.82 Å². The molecule has 0 aromatic heterocycles. The predicted molar refractivity (Wildman–Crippen MR) is 56.6 cm³/mol. The van der Waals surface area contributed by atoms with Crippen LogP contribution in [0.5, 0.6) is 5.75 Å². The Morgan fingerprint density at radius 2 is 2.19 bits per heavy atom. The topological polar surface area (TPSA) is 61.5 Å². The Balaban J connectivity index is 2.84. The maximum absolute atomic E-state index is 12.9. The van der Waals surface area contributed by atoms with E-state index in [1.54, 1.807) is 0 Å². The molecule has 16 heavy (non-hydrogen) atoms. The molecule has 0 heterocycles. The molecule has 0 spiro atoms. The van der Waals surface area contributed by atoms with Crippen molar-refractivity contribution in [2.75, 3.05) is 14.2 Å². The van der Waals surface area contributed by atoms with Gasteiger partial charge in [-0.25, -0.2) is 4.39 Å². The van der Waals surface area contributed by atoms with Gasteiger partial charge >= 0.3 is 5.97 Å². The van der Waals surface area contributed by atoms with E-state index in [0.717, 1.165) is 0 Å². The largest absolute Gasteiger partial charge is 0.496 e. The number of ether oxygens (including phenoxy) is 2. The lowest BCUT2D eigenvalue weighted by atomic mass is 10.1. The summed E-state index contributed by atoms with van der Waals surface area (Å²) in [6.45, 7) is 0. The monoisotopic (exact) mass is 227 g/mol.